The van der Waals surface area contributed by atoms with Crippen LogP contribution in [0.5, 0.6) is 0 Å². The highest BCUT2D eigenvalue weighted by Crippen LogP contribution is 2.21. The summed E-state index contributed by atoms with van der Waals surface area (Å²) in [6.45, 7) is 4.86. The molecule has 5 nitrogen and oxygen atoms in total. The van der Waals surface area contributed by atoms with Gasteiger partial charge in [-0.05, 0) is 43.0 Å². The molecule has 0 radical (unpaired) electrons. The monoisotopic (exact) mass is 324 g/mol. The summed E-state index contributed by atoms with van der Waals surface area (Å²) >= 11 is 5.82. The Bertz CT molecular complexity index is 531. The van der Waals surface area contributed by atoms with Crippen LogP contribution in [-0.2, 0) is 9.53 Å². The molecule has 0 saturated carbocycles. The molecule has 0 aromatic heterocycles. The molecule has 0 bridgehead atoms. The number of halogens is 1. The van der Waals surface area contributed by atoms with Crippen LogP contribution in [-0.4, -0.2) is 36.1 Å². The molecule has 1 aromatic rings. The van der Waals surface area contributed by atoms with E-state index in [1.54, 1.807) is 24.3 Å². The van der Waals surface area contributed by atoms with E-state index in [2.05, 4.69) is 5.32 Å². The zero-order valence-electron chi connectivity index (χ0n) is 12.8. The van der Waals surface area contributed by atoms with Crippen LogP contribution in [0.4, 0.5) is 10.5 Å². The molecule has 1 aliphatic rings. The Labute approximate surface area is 135 Å². The lowest BCUT2D eigenvalue weighted by Crippen LogP contribution is -2.43. The number of rotatable bonds is 4. The minimum atomic E-state index is -0.477. The molecule has 2 rings (SSSR count). The average molecular weight is 325 g/mol. The Morgan fingerprint density at radius 2 is 2.05 bits per heavy atom. The van der Waals surface area contributed by atoms with E-state index in [-0.39, 0.29) is 11.8 Å². The number of hydrogen-bond acceptors (Lipinski definition) is 3. The largest absolute Gasteiger partial charge is 0.449 e. The summed E-state index contributed by atoms with van der Waals surface area (Å²) in [5.41, 5.74) is 0.664. The van der Waals surface area contributed by atoms with Crippen molar-refractivity contribution in [2.24, 2.45) is 5.92 Å². The number of nitrogens with one attached hydrogen (secondary N) is 1. The number of carbonyl (C=O) groups is 2. The van der Waals surface area contributed by atoms with Crippen molar-refractivity contribution in [1.82, 2.24) is 4.90 Å². The molecule has 1 heterocycles. The van der Waals surface area contributed by atoms with Gasteiger partial charge in [0.05, 0.1) is 6.61 Å². The molecule has 0 unspecified atom stereocenters. The van der Waals surface area contributed by atoms with Crippen molar-refractivity contribution in [2.75, 3.05) is 18.5 Å². The summed E-state index contributed by atoms with van der Waals surface area (Å²) in [4.78, 5) is 25.9. The smallest absolute Gasteiger partial charge is 0.410 e. The molecule has 1 aromatic carbocycles. The first-order valence-electron chi connectivity index (χ1n) is 7.47. The highest BCUT2D eigenvalue weighted by Gasteiger charge is 2.35. The second-order valence-electron chi connectivity index (χ2n) is 5.82. The van der Waals surface area contributed by atoms with Gasteiger partial charge in [0.2, 0.25) is 5.91 Å². The van der Waals surface area contributed by atoms with Crippen LogP contribution in [0, 0.1) is 5.92 Å². The maximum absolute atomic E-state index is 12.4. The Morgan fingerprint density at radius 1 is 1.36 bits per heavy atom. The highest BCUT2D eigenvalue weighted by molar-refractivity contribution is 6.30. The van der Waals surface area contributed by atoms with Gasteiger partial charge in [-0.25, -0.2) is 4.79 Å². The number of anilines is 1. The van der Waals surface area contributed by atoms with Crippen molar-refractivity contribution >= 4 is 29.3 Å². The van der Waals surface area contributed by atoms with Gasteiger partial charge in [0, 0.05) is 17.3 Å². The van der Waals surface area contributed by atoms with Crippen molar-refractivity contribution in [3.63, 3.8) is 0 Å². The summed E-state index contributed by atoms with van der Waals surface area (Å²) in [7, 11) is 0. The van der Waals surface area contributed by atoms with Gasteiger partial charge in [-0.3, -0.25) is 9.69 Å². The van der Waals surface area contributed by atoms with Crippen LogP contribution in [0.1, 0.15) is 26.7 Å². The Morgan fingerprint density at radius 3 is 2.68 bits per heavy atom. The molecule has 1 fully saturated rings. The zero-order valence-corrected chi connectivity index (χ0v) is 13.6. The maximum Gasteiger partial charge on any atom is 0.410 e. The standard InChI is InChI=1S/C16H21ClN2O3/c1-11(2)10-22-16(21)19-9-3-4-14(19)15(20)18-13-7-5-12(17)6-8-13/h5-8,11,14H,3-4,9-10H2,1-2H3,(H,18,20)/t14-/m1/s1. The molecule has 22 heavy (non-hydrogen) atoms. The molecule has 2 amide bonds. The summed E-state index contributed by atoms with van der Waals surface area (Å²) in [5.74, 6) is 0.0780. The van der Waals surface area contributed by atoms with Crippen LogP contribution in [0.15, 0.2) is 24.3 Å². The Balaban J connectivity index is 1.95. The number of likely N-dealkylation sites (tertiary alicyclic amines) is 1. The third kappa shape index (κ3) is 4.37. The van der Waals surface area contributed by atoms with E-state index >= 15 is 0 Å². The number of ether oxygens (including phenoxy) is 1. The fourth-order valence-electron chi connectivity index (χ4n) is 2.34. The van der Waals surface area contributed by atoms with Crippen LogP contribution in [0.2, 0.25) is 5.02 Å². The van der Waals surface area contributed by atoms with Crippen molar-refractivity contribution in [3.8, 4) is 0 Å². The number of benzene rings is 1. The maximum atomic E-state index is 12.4. The molecular weight excluding hydrogens is 304 g/mol. The molecule has 0 aliphatic carbocycles. The van der Waals surface area contributed by atoms with Crippen LogP contribution in [0.25, 0.3) is 0 Å². The van der Waals surface area contributed by atoms with E-state index in [0.717, 1.165) is 6.42 Å². The van der Waals surface area contributed by atoms with Crippen molar-refractivity contribution in [3.05, 3.63) is 29.3 Å². The molecule has 120 valence electrons. The molecule has 0 spiro atoms. The van der Waals surface area contributed by atoms with E-state index in [4.69, 9.17) is 16.3 Å². The van der Waals surface area contributed by atoms with E-state index in [0.29, 0.717) is 30.3 Å². The van der Waals surface area contributed by atoms with E-state index in [1.165, 1.54) is 4.90 Å². The average Bonchev–Trinajstić information content (AvgIpc) is 2.96. The molecule has 1 saturated heterocycles. The normalized spacial score (nSPS) is 17.6. The van der Waals surface area contributed by atoms with Gasteiger partial charge in [0.1, 0.15) is 6.04 Å². The predicted octanol–water partition coefficient (Wildman–Crippen LogP) is 3.54. The SMILES string of the molecule is CC(C)COC(=O)N1CCC[C@@H]1C(=O)Nc1ccc(Cl)cc1. The lowest BCUT2D eigenvalue weighted by molar-refractivity contribution is -0.120. The number of nitrogens with zero attached hydrogens (tertiary/aromatic N) is 1. The van der Waals surface area contributed by atoms with Gasteiger partial charge in [-0.15, -0.1) is 0 Å². The fourth-order valence-corrected chi connectivity index (χ4v) is 2.46. The third-order valence-corrected chi connectivity index (χ3v) is 3.69. The number of carbonyl (C=O) groups excluding carboxylic acids is 2. The van der Waals surface area contributed by atoms with Crippen molar-refractivity contribution < 1.29 is 14.3 Å². The van der Waals surface area contributed by atoms with Gasteiger partial charge in [0.15, 0.2) is 0 Å². The second kappa shape index (κ2) is 7.49. The second-order valence-corrected chi connectivity index (χ2v) is 6.25. The molecule has 1 N–H and O–H groups in total. The van der Waals surface area contributed by atoms with Crippen LogP contribution >= 0.6 is 11.6 Å². The third-order valence-electron chi connectivity index (χ3n) is 3.44. The fraction of sp³-hybridized carbons (Fsp3) is 0.500. The quantitative estimate of drug-likeness (QED) is 0.921. The van der Waals surface area contributed by atoms with Gasteiger partial charge in [-0.2, -0.15) is 0 Å². The highest BCUT2D eigenvalue weighted by atomic mass is 35.5. The van der Waals surface area contributed by atoms with E-state index in [9.17, 15) is 9.59 Å². The number of hydrogen-bond donors (Lipinski definition) is 1. The molecule has 1 aliphatic heterocycles. The lowest BCUT2D eigenvalue weighted by atomic mass is 10.2. The summed E-state index contributed by atoms with van der Waals surface area (Å²) < 4.78 is 5.22. The summed E-state index contributed by atoms with van der Waals surface area (Å²) in [5, 5.41) is 3.42. The summed E-state index contributed by atoms with van der Waals surface area (Å²) in [6.07, 6.45) is 1.04. The lowest BCUT2D eigenvalue weighted by Gasteiger charge is -2.23. The van der Waals surface area contributed by atoms with Crippen molar-refractivity contribution in [2.45, 2.75) is 32.7 Å². The minimum Gasteiger partial charge on any atom is -0.449 e. The minimum absolute atomic E-state index is 0.193. The van der Waals surface area contributed by atoms with Crippen LogP contribution in [0.3, 0.4) is 0 Å². The summed E-state index contributed by atoms with van der Waals surface area (Å²) in [6, 6.07) is 6.41. The van der Waals surface area contributed by atoms with Gasteiger partial charge in [0.25, 0.3) is 0 Å². The zero-order chi connectivity index (χ0) is 16.1. The van der Waals surface area contributed by atoms with Gasteiger partial charge in [-0.1, -0.05) is 25.4 Å². The van der Waals surface area contributed by atoms with Crippen LogP contribution < -0.4 is 5.32 Å². The topological polar surface area (TPSA) is 58.6 Å². The molecular formula is C16H21ClN2O3. The number of amides is 2. The van der Waals surface area contributed by atoms with Gasteiger partial charge >= 0.3 is 6.09 Å². The van der Waals surface area contributed by atoms with Crippen molar-refractivity contribution in [1.29, 1.82) is 0 Å². The van der Waals surface area contributed by atoms with E-state index in [1.807, 2.05) is 13.8 Å². The van der Waals surface area contributed by atoms with Gasteiger partial charge < -0.3 is 10.1 Å². The first kappa shape index (κ1) is 16.6. The molecule has 6 heteroatoms. The Kier molecular flexibility index (Phi) is 5.66. The first-order valence-corrected chi connectivity index (χ1v) is 7.85. The van der Waals surface area contributed by atoms with E-state index < -0.39 is 12.1 Å². The Hall–Kier alpha value is -1.75. The first-order chi connectivity index (χ1) is 10.5. The predicted molar refractivity (Wildman–Crippen MR) is 86.0 cm³/mol. The molecule has 1 atom stereocenters.